The van der Waals surface area contributed by atoms with Crippen LogP contribution >= 0.6 is 0 Å². The molecule has 2 fully saturated rings. The number of piperazine rings is 2. The molecule has 15 heteroatoms. The zero-order valence-electron chi connectivity index (χ0n) is 37.2. The van der Waals surface area contributed by atoms with Crippen molar-refractivity contribution < 1.29 is 14.3 Å². The van der Waals surface area contributed by atoms with Crippen molar-refractivity contribution in [3.8, 4) is 17.1 Å². The number of allylic oxidation sites excluding steroid dienone is 4. The molecule has 0 radical (unpaired) electrons. The summed E-state index contributed by atoms with van der Waals surface area (Å²) in [5, 5.41) is 0. The number of nitrogen functional groups attached to an aromatic ring is 2. The minimum absolute atomic E-state index is 0.0116. The van der Waals surface area contributed by atoms with E-state index in [1.165, 1.54) is 34.8 Å². The van der Waals surface area contributed by atoms with Gasteiger partial charge in [0.2, 0.25) is 0 Å². The molecule has 15 nitrogen and oxygen atoms in total. The number of imidazole rings is 1. The lowest BCUT2D eigenvalue weighted by Gasteiger charge is -2.34. The van der Waals surface area contributed by atoms with Crippen LogP contribution in [0.1, 0.15) is 23.1 Å². The number of aromatic nitrogens is 3. The number of anilines is 4. The molecule has 5 aliphatic rings. The standard InChI is InChI=1S/C27H26N4O.C18H22N6.C6H5NO3/c1-30-10-12-31(13-11-30)21-7-9-24-20(15-21)16-25(28-24)18-6-8-23-19(14-18)17-26(29-23)22-4-2-3-5-27(22)32;1-23-6-8-24(9-7-23)13-3-5-16-17(11-13)22-18(21-16)12-2-4-14(19)15(20)10-12;8-4-10-5-2-1-3-7-6(5)9/h2-4,6-9,14-15H,5,10-13,16-17H2,1H3;2-5,10-11H,6-9,19-20H2,1H3,(H,21,22);1-4H,(H,7,9). The second-order valence-electron chi connectivity index (χ2n) is 17.1. The van der Waals surface area contributed by atoms with Gasteiger partial charge >= 0.3 is 0 Å². The van der Waals surface area contributed by atoms with Gasteiger partial charge in [-0.3, -0.25) is 24.4 Å². The summed E-state index contributed by atoms with van der Waals surface area (Å²) in [7, 11) is 4.35. The first-order chi connectivity index (χ1) is 32.1. The molecular weight excluding hydrogens is 831 g/mol. The number of benzene rings is 4. The van der Waals surface area contributed by atoms with Gasteiger partial charge in [-0.1, -0.05) is 18.2 Å². The summed E-state index contributed by atoms with van der Waals surface area (Å²) in [6, 6.07) is 28.1. The summed E-state index contributed by atoms with van der Waals surface area (Å²) < 4.78 is 4.31. The number of likely N-dealkylation sites (N-methyl/N-ethyl adjacent to an activating group) is 2. The van der Waals surface area contributed by atoms with Crippen LogP contribution in [0, 0.1) is 0 Å². The van der Waals surface area contributed by atoms with Crippen molar-refractivity contribution in [3.63, 3.8) is 0 Å². The highest BCUT2D eigenvalue weighted by Gasteiger charge is 2.25. The van der Waals surface area contributed by atoms with Crippen molar-refractivity contribution >= 4 is 68.8 Å². The van der Waals surface area contributed by atoms with E-state index < -0.39 is 5.56 Å². The van der Waals surface area contributed by atoms with Gasteiger partial charge < -0.3 is 45.8 Å². The summed E-state index contributed by atoms with van der Waals surface area (Å²) in [5.41, 5.74) is 26.4. The molecule has 11 rings (SSSR count). The van der Waals surface area contributed by atoms with E-state index in [2.05, 4.69) is 108 Å². The fourth-order valence-corrected chi connectivity index (χ4v) is 8.62. The van der Waals surface area contributed by atoms with Crippen molar-refractivity contribution in [3.05, 3.63) is 142 Å². The summed E-state index contributed by atoms with van der Waals surface area (Å²) in [6.07, 6.45) is 9.25. The Morgan fingerprint density at radius 2 is 1.35 bits per heavy atom. The van der Waals surface area contributed by atoms with Crippen LogP contribution in [0.15, 0.2) is 130 Å². The number of H-pyrrole nitrogens is 2. The number of hydrogen-bond donors (Lipinski definition) is 4. The molecule has 2 aromatic heterocycles. The number of nitrogens with zero attached hydrogens (tertiary/aromatic N) is 7. The number of carbonyl (C=O) groups is 2. The average Bonchev–Trinajstić information content (AvgIpc) is 4.08. The molecule has 6 N–H and O–H groups in total. The monoisotopic (exact) mass is 883 g/mol. The van der Waals surface area contributed by atoms with E-state index in [1.807, 2.05) is 36.4 Å². The quantitative estimate of drug-likeness (QED) is 0.105. The van der Waals surface area contributed by atoms with Crippen molar-refractivity contribution in [2.24, 2.45) is 9.98 Å². The van der Waals surface area contributed by atoms with E-state index in [0.29, 0.717) is 24.2 Å². The second kappa shape index (κ2) is 19.2. The molecule has 0 amide bonds. The average molecular weight is 884 g/mol. The third kappa shape index (κ3) is 9.72. The number of pyridine rings is 1. The highest BCUT2D eigenvalue weighted by atomic mass is 16.5. The van der Waals surface area contributed by atoms with Gasteiger partial charge in [0.15, 0.2) is 11.5 Å². The number of ether oxygens (including phenoxy) is 1. The predicted octanol–water partition coefficient (Wildman–Crippen LogP) is 6.26. The largest absolute Gasteiger partial charge is 0.423 e. The summed E-state index contributed by atoms with van der Waals surface area (Å²) in [4.78, 5) is 62.4. The van der Waals surface area contributed by atoms with Crippen molar-refractivity contribution in [1.82, 2.24) is 24.8 Å². The Labute approximate surface area is 382 Å². The highest BCUT2D eigenvalue weighted by Crippen LogP contribution is 2.36. The summed E-state index contributed by atoms with van der Waals surface area (Å²) >= 11 is 0. The molecule has 0 atom stereocenters. The number of rotatable bonds is 7. The van der Waals surface area contributed by atoms with Gasteiger partial charge in [0.1, 0.15) is 5.82 Å². The van der Waals surface area contributed by atoms with E-state index in [0.717, 1.165) is 115 Å². The van der Waals surface area contributed by atoms with Gasteiger partial charge in [0.05, 0.1) is 45.2 Å². The van der Waals surface area contributed by atoms with Gasteiger partial charge in [-0.2, -0.15) is 0 Å². The van der Waals surface area contributed by atoms with E-state index in [-0.39, 0.29) is 18.0 Å². The molecule has 0 saturated carbocycles. The predicted molar refractivity (Wildman–Crippen MR) is 264 cm³/mol. The first-order valence-electron chi connectivity index (χ1n) is 22.2. The fraction of sp³-hybridized carbons (Fsp3) is 0.255. The smallest absolute Gasteiger partial charge is 0.298 e. The van der Waals surface area contributed by atoms with Crippen molar-refractivity contribution in [2.75, 3.05) is 87.7 Å². The third-order valence-electron chi connectivity index (χ3n) is 12.5. The van der Waals surface area contributed by atoms with Crippen LogP contribution in [0.5, 0.6) is 5.75 Å². The van der Waals surface area contributed by atoms with Crippen LogP contribution in [-0.4, -0.2) is 115 Å². The van der Waals surface area contributed by atoms with E-state index in [4.69, 9.17) is 21.5 Å². The zero-order chi connectivity index (χ0) is 45.7. The van der Waals surface area contributed by atoms with Crippen molar-refractivity contribution in [2.45, 2.75) is 19.3 Å². The van der Waals surface area contributed by atoms with Crippen LogP contribution in [0.2, 0.25) is 0 Å². The number of nitrogens with two attached hydrogens (primary N) is 2. The Bertz CT molecular complexity index is 2990. The Hall–Kier alpha value is -7.62. The first kappa shape index (κ1) is 43.6. The number of fused-ring (bicyclic) bond motifs is 3. The molecule has 6 heterocycles. The molecule has 336 valence electrons. The Kier molecular flexibility index (Phi) is 12.7. The van der Waals surface area contributed by atoms with Crippen LogP contribution < -0.4 is 31.6 Å². The lowest BCUT2D eigenvalue weighted by molar-refractivity contribution is -0.120. The molecular formula is C51H53N11O4. The summed E-state index contributed by atoms with van der Waals surface area (Å²) in [5.74, 6) is 0.982. The number of hydrogen-bond acceptors (Lipinski definition) is 13. The molecule has 66 heavy (non-hydrogen) atoms. The van der Waals surface area contributed by atoms with Gasteiger partial charge in [0.25, 0.3) is 12.0 Å². The van der Waals surface area contributed by atoms with Crippen LogP contribution in [0.25, 0.3) is 22.4 Å². The fourth-order valence-electron chi connectivity index (χ4n) is 8.62. The highest BCUT2D eigenvalue weighted by molar-refractivity contribution is 6.25. The topological polar surface area (TPSA) is 195 Å². The normalized spacial score (nSPS) is 16.9. The number of aliphatic imine (C=N–C) groups is 2. The lowest BCUT2D eigenvalue weighted by Crippen LogP contribution is -2.44. The molecule has 0 spiro atoms. The molecule has 6 aromatic rings. The Morgan fingerprint density at radius 3 is 2.05 bits per heavy atom. The Balaban J connectivity index is 0.000000141. The second-order valence-corrected chi connectivity index (χ2v) is 17.1. The number of aromatic amines is 2. The molecule has 0 unspecified atom stereocenters. The van der Waals surface area contributed by atoms with Crippen LogP contribution in [0.4, 0.5) is 34.1 Å². The van der Waals surface area contributed by atoms with Gasteiger partial charge in [-0.25, -0.2) is 4.98 Å². The van der Waals surface area contributed by atoms with Gasteiger partial charge in [-0.15, -0.1) is 0 Å². The maximum Gasteiger partial charge on any atom is 0.298 e. The van der Waals surface area contributed by atoms with Crippen molar-refractivity contribution in [1.29, 1.82) is 0 Å². The van der Waals surface area contributed by atoms with Crippen LogP contribution in [-0.2, 0) is 22.4 Å². The summed E-state index contributed by atoms with van der Waals surface area (Å²) in [6.45, 7) is 8.87. The number of ketones is 1. The van der Waals surface area contributed by atoms with Gasteiger partial charge in [0, 0.05) is 100 Å². The maximum absolute atomic E-state index is 12.3. The number of Topliss-reactive ketones (excluding diaryl/α,β-unsaturated/α-hetero) is 1. The van der Waals surface area contributed by atoms with Gasteiger partial charge in [-0.05, 0) is 116 Å². The molecule has 2 saturated heterocycles. The first-order valence-corrected chi connectivity index (χ1v) is 22.2. The molecule has 4 aliphatic heterocycles. The SMILES string of the molecule is CN1CCN(c2ccc3c(c2)CC(c2ccc4c(c2)CC(C2=CC=CCC2=O)=N4)=N3)CC1.CN1CCN(c2ccc3nc(-c4ccc(N)c(N)c4)[nH]c3c2)CC1.O=COc1ccc[nH]c1=O. The number of carbonyl (C=O) groups excluding carboxylic acids is 2. The third-order valence-corrected chi connectivity index (χ3v) is 12.5. The lowest BCUT2D eigenvalue weighted by atomic mass is 9.95. The Morgan fingerprint density at radius 1 is 0.697 bits per heavy atom. The van der Waals surface area contributed by atoms with E-state index in [1.54, 1.807) is 6.07 Å². The molecule has 0 bridgehead atoms. The minimum atomic E-state index is -0.408. The zero-order valence-corrected chi connectivity index (χ0v) is 37.2. The minimum Gasteiger partial charge on any atom is -0.423 e. The molecule has 1 aliphatic carbocycles. The van der Waals surface area contributed by atoms with E-state index in [9.17, 15) is 14.4 Å². The van der Waals surface area contributed by atoms with Crippen LogP contribution in [0.3, 0.4) is 0 Å². The maximum atomic E-state index is 12.3. The molecule has 4 aromatic carbocycles. The van der Waals surface area contributed by atoms with E-state index >= 15 is 0 Å². The number of nitrogens with one attached hydrogen (secondary N) is 2.